The highest BCUT2D eigenvalue weighted by Crippen LogP contribution is 2.39. The maximum atomic E-state index is 13.8. The lowest BCUT2D eigenvalue weighted by Gasteiger charge is -2.34. The number of hydrogen-bond acceptors (Lipinski definition) is 2. The van der Waals surface area contributed by atoms with Gasteiger partial charge < -0.3 is 10.1 Å². The number of hydrogen-bond donors (Lipinski definition) is 1. The first-order valence-corrected chi connectivity index (χ1v) is 7.02. The van der Waals surface area contributed by atoms with Gasteiger partial charge in [-0.1, -0.05) is 13.0 Å². The molecule has 1 aliphatic heterocycles. The monoisotopic (exact) mass is 305 g/mol. The first-order chi connectivity index (χ1) is 9.78. The lowest BCUT2D eigenvalue weighted by Crippen LogP contribution is -2.41. The smallest absolute Gasteiger partial charge is 0.373 e. The van der Waals surface area contributed by atoms with Crippen molar-refractivity contribution in [1.82, 2.24) is 5.32 Å². The van der Waals surface area contributed by atoms with Gasteiger partial charge in [0.1, 0.15) is 5.82 Å². The fourth-order valence-corrected chi connectivity index (χ4v) is 2.86. The van der Waals surface area contributed by atoms with E-state index >= 15 is 0 Å². The minimum absolute atomic E-state index is 0.332. The average Bonchev–Trinajstić information content (AvgIpc) is 2.82. The van der Waals surface area contributed by atoms with E-state index in [0.29, 0.717) is 18.7 Å². The van der Waals surface area contributed by atoms with Crippen molar-refractivity contribution in [2.75, 3.05) is 13.2 Å². The molecule has 1 aliphatic rings. The average molecular weight is 305 g/mol. The normalized spacial score (nSPS) is 24.3. The van der Waals surface area contributed by atoms with Gasteiger partial charge in [0.05, 0.1) is 17.2 Å². The zero-order valence-electron chi connectivity index (χ0n) is 12.1. The molecule has 2 unspecified atom stereocenters. The molecule has 1 aromatic rings. The van der Waals surface area contributed by atoms with E-state index in [0.717, 1.165) is 25.0 Å². The summed E-state index contributed by atoms with van der Waals surface area (Å²) in [4.78, 5) is 0. The molecule has 1 aromatic carbocycles. The van der Waals surface area contributed by atoms with Crippen LogP contribution in [0.4, 0.5) is 17.6 Å². The Labute approximate surface area is 121 Å². The number of alkyl halides is 3. The standard InChI is InChI=1S/C15H19F4NO/c1-3-20-13(14(2)7-4-8-21-14)10-5-6-11(12(16)9-10)15(17,18)19/h5-6,9,13,20H,3-4,7-8H2,1-2H3. The Morgan fingerprint density at radius 3 is 2.57 bits per heavy atom. The molecule has 2 rings (SSSR count). The van der Waals surface area contributed by atoms with Gasteiger partial charge in [0.2, 0.25) is 0 Å². The highest BCUT2D eigenvalue weighted by molar-refractivity contribution is 5.30. The number of rotatable bonds is 4. The molecule has 0 radical (unpaired) electrons. The predicted octanol–water partition coefficient (Wildman–Crippen LogP) is 4.06. The molecular weight excluding hydrogens is 286 g/mol. The molecule has 118 valence electrons. The summed E-state index contributed by atoms with van der Waals surface area (Å²) in [6.45, 7) is 5.03. The molecule has 0 saturated carbocycles. The van der Waals surface area contributed by atoms with Crippen molar-refractivity contribution in [2.45, 2.75) is 44.5 Å². The molecule has 6 heteroatoms. The molecular formula is C15H19F4NO. The topological polar surface area (TPSA) is 21.3 Å². The van der Waals surface area contributed by atoms with Crippen LogP contribution in [0.3, 0.4) is 0 Å². The summed E-state index contributed by atoms with van der Waals surface area (Å²) >= 11 is 0. The van der Waals surface area contributed by atoms with E-state index in [-0.39, 0.29) is 6.04 Å². The molecule has 1 saturated heterocycles. The van der Waals surface area contributed by atoms with Crippen molar-refractivity contribution >= 4 is 0 Å². The number of ether oxygens (including phenoxy) is 1. The van der Waals surface area contributed by atoms with Crippen LogP contribution < -0.4 is 5.32 Å². The molecule has 2 nitrogen and oxygen atoms in total. The second-order valence-electron chi connectivity index (χ2n) is 5.49. The van der Waals surface area contributed by atoms with Crippen LogP contribution in [-0.2, 0) is 10.9 Å². The van der Waals surface area contributed by atoms with Crippen molar-refractivity contribution in [3.8, 4) is 0 Å². The highest BCUT2D eigenvalue weighted by Gasteiger charge is 2.40. The lowest BCUT2D eigenvalue weighted by molar-refractivity contribution is -0.140. The summed E-state index contributed by atoms with van der Waals surface area (Å²) in [6.07, 6.45) is -3.00. The molecule has 2 atom stereocenters. The number of likely N-dealkylation sites (N-methyl/N-ethyl adjacent to an activating group) is 1. The van der Waals surface area contributed by atoms with Crippen LogP contribution >= 0.6 is 0 Å². The van der Waals surface area contributed by atoms with Crippen molar-refractivity contribution in [2.24, 2.45) is 0 Å². The Kier molecular flexibility index (Phi) is 4.58. The maximum absolute atomic E-state index is 13.8. The Bertz CT molecular complexity index is 495. The Morgan fingerprint density at radius 2 is 2.10 bits per heavy atom. The summed E-state index contributed by atoms with van der Waals surface area (Å²) in [5.41, 5.74) is -1.28. The minimum atomic E-state index is -4.68. The molecule has 0 aliphatic carbocycles. The van der Waals surface area contributed by atoms with Crippen LogP contribution in [0.5, 0.6) is 0 Å². The molecule has 0 amide bonds. The molecule has 1 N–H and O–H groups in total. The summed E-state index contributed by atoms with van der Waals surface area (Å²) < 4.78 is 57.4. The summed E-state index contributed by atoms with van der Waals surface area (Å²) in [7, 11) is 0. The summed E-state index contributed by atoms with van der Waals surface area (Å²) in [5.74, 6) is -1.25. The van der Waals surface area contributed by atoms with Crippen molar-refractivity contribution in [3.05, 3.63) is 35.1 Å². The van der Waals surface area contributed by atoms with Gasteiger partial charge in [0.25, 0.3) is 0 Å². The van der Waals surface area contributed by atoms with Crippen molar-refractivity contribution in [3.63, 3.8) is 0 Å². The third-order valence-corrected chi connectivity index (χ3v) is 3.90. The van der Waals surface area contributed by atoms with Crippen LogP contribution in [-0.4, -0.2) is 18.8 Å². The van der Waals surface area contributed by atoms with E-state index in [1.165, 1.54) is 6.07 Å². The molecule has 21 heavy (non-hydrogen) atoms. The SMILES string of the molecule is CCNC(c1ccc(C(F)(F)F)c(F)c1)C1(C)CCCO1. The van der Waals surface area contributed by atoms with Gasteiger partial charge >= 0.3 is 6.18 Å². The van der Waals surface area contributed by atoms with Crippen molar-refractivity contribution < 1.29 is 22.3 Å². The fraction of sp³-hybridized carbons (Fsp3) is 0.600. The zero-order chi connectivity index (χ0) is 15.7. The zero-order valence-corrected chi connectivity index (χ0v) is 12.1. The van der Waals surface area contributed by atoms with Gasteiger partial charge in [-0.3, -0.25) is 0 Å². The maximum Gasteiger partial charge on any atom is 0.419 e. The van der Waals surface area contributed by atoms with Crippen LogP contribution in [0, 0.1) is 5.82 Å². The van der Waals surface area contributed by atoms with Gasteiger partial charge in [-0.05, 0) is 44.0 Å². The molecule has 0 aromatic heterocycles. The largest absolute Gasteiger partial charge is 0.419 e. The summed E-state index contributed by atoms with van der Waals surface area (Å²) in [5, 5.41) is 3.19. The third-order valence-electron chi connectivity index (χ3n) is 3.90. The van der Waals surface area contributed by atoms with Crippen LogP contribution in [0.25, 0.3) is 0 Å². The molecule has 0 spiro atoms. The van der Waals surface area contributed by atoms with E-state index in [2.05, 4.69) is 5.32 Å². The first kappa shape index (κ1) is 16.2. The van der Waals surface area contributed by atoms with Crippen LogP contribution in [0.2, 0.25) is 0 Å². The number of benzene rings is 1. The van der Waals surface area contributed by atoms with E-state index in [9.17, 15) is 17.6 Å². The fourth-order valence-electron chi connectivity index (χ4n) is 2.86. The van der Waals surface area contributed by atoms with Gasteiger partial charge in [-0.15, -0.1) is 0 Å². The van der Waals surface area contributed by atoms with Crippen LogP contribution in [0.15, 0.2) is 18.2 Å². The van der Waals surface area contributed by atoms with Crippen LogP contribution in [0.1, 0.15) is 43.9 Å². The first-order valence-electron chi connectivity index (χ1n) is 7.02. The van der Waals surface area contributed by atoms with E-state index < -0.39 is 23.2 Å². The van der Waals surface area contributed by atoms with E-state index in [1.54, 1.807) is 0 Å². The number of halogens is 4. The molecule has 1 fully saturated rings. The Morgan fingerprint density at radius 1 is 1.38 bits per heavy atom. The molecule has 0 bridgehead atoms. The van der Waals surface area contributed by atoms with Gasteiger partial charge in [-0.2, -0.15) is 13.2 Å². The third kappa shape index (κ3) is 3.37. The Balaban J connectivity index is 2.35. The van der Waals surface area contributed by atoms with E-state index in [4.69, 9.17) is 4.74 Å². The highest BCUT2D eigenvalue weighted by atomic mass is 19.4. The quantitative estimate of drug-likeness (QED) is 0.847. The predicted molar refractivity (Wildman–Crippen MR) is 71.4 cm³/mol. The second kappa shape index (κ2) is 5.93. The Hall–Kier alpha value is -1.14. The summed E-state index contributed by atoms with van der Waals surface area (Å²) in [6, 6.07) is 2.75. The van der Waals surface area contributed by atoms with Gasteiger partial charge in [-0.25, -0.2) is 4.39 Å². The van der Waals surface area contributed by atoms with E-state index in [1.807, 2.05) is 13.8 Å². The van der Waals surface area contributed by atoms with Gasteiger partial charge in [0, 0.05) is 6.61 Å². The second-order valence-corrected chi connectivity index (χ2v) is 5.49. The molecule has 1 heterocycles. The minimum Gasteiger partial charge on any atom is -0.373 e. The lowest BCUT2D eigenvalue weighted by atomic mass is 9.87. The van der Waals surface area contributed by atoms with Gasteiger partial charge in [0.15, 0.2) is 0 Å². The number of nitrogens with one attached hydrogen (secondary N) is 1. The van der Waals surface area contributed by atoms with Crippen molar-refractivity contribution in [1.29, 1.82) is 0 Å².